The summed E-state index contributed by atoms with van der Waals surface area (Å²) in [7, 11) is 1.82. The fraction of sp³-hybridized carbons (Fsp3) is 0.438. The minimum Gasteiger partial charge on any atom is -0.356 e. The van der Waals surface area contributed by atoms with Gasteiger partial charge in [0.2, 0.25) is 0 Å². The number of rotatable bonds is 6. The maximum absolute atomic E-state index is 4.29. The molecule has 2 aromatic heterocycles. The van der Waals surface area contributed by atoms with Gasteiger partial charge < -0.3 is 10.6 Å². The molecule has 3 nitrogen and oxygen atoms in total. The Labute approximate surface area is 158 Å². The maximum Gasteiger partial charge on any atom is 0.191 e. The smallest absolute Gasteiger partial charge is 0.191 e. The molecule has 0 aliphatic rings. The highest BCUT2D eigenvalue weighted by Crippen LogP contribution is 2.15. The number of hydrogen-bond acceptors (Lipinski definition) is 3. The van der Waals surface area contributed by atoms with Crippen LogP contribution in [0.4, 0.5) is 0 Å². The number of halogens is 1. The van der Waals surface area contributed by atoms with Crippen molar-refractivity contribution in [1.29, 1.82) is 0 Å². The first kappa shape index (κ1) is 19.4. The molecule has 0 spiro atoms. The van der Waals surface area contributed by atoms with Gasteiger partial charge in [0.1, 0.15) is 0 Å². The van der Waals surface area contributed by atoms with Gasteiger partial charge >= 0.3 is 0 Å². The zero-order valence-corrected chi connectivity index (χ0v) is 17.2. The van der Waals surface area contributed by atoms with Crippen molar-refractivity contribution in [3.05, 3.63) is 44.3 Å². The molecule has 0 saturated carbocycles. The highest BCUT2D eigenvalue weighted by atomic mass is 127. The zero-order chi connectivity index (χ0) is 15.1. The molecule has 0 aliphatic carbocycles. The van der Waals surface area contributed by atoms with Gasteiger partial charge in [-0.05, 0) is 47.7 Å². The van der Waals surface area contributed by atoms with Gasteiger partial charge in [-0.3, -0.25) is 4.99 Å². The molecule has 0 saturated heterocycles. The number of thiophene rings is 2. The molecule has 1 atom stereocenters. The second kappa shape index (κ2) is 10.2. The molecular weight excluding hydrogens is 425 g/mol. The second-order valence-corrected chi connectivity index (χ2v) is 7.26. The lowest BCUT2D eigenvalue weighted by Gasteiger charge is -2.15. The first-order valence-corrected chi connectivity index (χ1v) is 8.95. The van der Waals surface area contributed by atoms with Crippen LogP contribution in [0.1, 0.15) is 22.2 Å². The van der Waals surface area contributed by atoms with E-state index in [0.29, 0.717) is 5.92 Å². The average Bonchev–Trinajstić information content (AvgIpc) is 3.11. The molecule has 2 rings (SSSR count). The predicted octanol–water partition coefficient (Wildman–Crippen LogP) is 4.28. The molecule has 6 heteroatoms. The van der Waals surface area contributed by atoms with Crippen LogP contribution in [0.25, 0.3) is 0 Å². The summed E-state index contributed by atoms with van der Waals surface area (Å²) in [5, 5.41) is 11.1. The van der Waals surface area contributed by atoms with Crippen molar-refractivity contribution < 1.29 is 0 Å². The molecule has 0 amide bonds. The van der Waals surface area contributed by atoms with E-state index in [4.69, 9.17) is 0 Å². The van der Waals surface area contributed by atoms with Crippen molar-refractivity contribution in [2.75, 3.05) is 13.6 Å². The van der Waals surface area contributed by atoms with E-state index in [2.05, 4.69) is 58.4 Å². The summed E-state index contributed by atoms with van der Waals surface area (Å²) in [6.07, 6.45) is 1.12. The Balaban J connectivity index is 0.00000242. The molecule has 2 aromatic rings. The minimum absolute atomic E-state index is 0. The summed E-state index contributed by atoms with van der Waals surface area (Å²) in [6, 6.07) is 6.47. The van der Waals surface area contributed by atoms with Crippen molar-refractivity contribution >= 4 is 52.6 Å². The monoisotopic (exact) mass is 449 g/mol. The zero-order valence-electron chi connectivity index (χ0n) is 13.3. The number of hydrogen-bond donors (Lipinski definition) is 2. The lowest BCUT2D eigenvalue weighted by atomic mass is 10.1. The Bertz CT molecular complexity index is 564. The largest absolute Gasteiger partial charge is 0.356 e. The molecule has 0 aromatic carbocycles. The van der Waals surface area contributed by atoms with Crippen molar-refractivity contribution in [2.45, 2.75) is 26.8 Å². The van der Waals surface area contributed by atoms with E-state index in [1.165, 1.54) is 15.3 Å². The third kappa shape index (κ3) is 6.26. The number of aryl methyl sites for hydroxylation is 1. The number of aliphatic imine (C=N–C) groups is 1. The topological polar surface area (TPSA) is 36.4 Å². The van der Waals surface area contributed by atoms with Crippen LogP contribution in [-0.2, 0) is 13.0 Å². The Hall–Kier alpha value is -0.600. The summed E-state index contributed by atoms with van der Waals surface area (Å²) in [5.41, 5.74) is 1.34. The van der Waals surface area contributed by atoms with Gasteiger partial charge in [-0.15, -0.1) is 46.7 Å². The van der Waals surface area contributed by atoms with E-state index in [1.807, 2.05) is 18.4 Å². The number of guanidine groups is 1. The lowest BCUT2D eigenvalue weighted by molar-refractivity contribution is 0.562. The van der Waals surface area contributed by atoms with E-state index < -0.39 is 0 Å². The summed E-state index contributed by atoms with van der Waals surface area (Å²) in [6.45, 7) is 6.18. The van der Waals surface area contributed by atoms with E-state index in [1.54, 1.807) is 11.3 Å². The van der Waals surface area contributed by atoms with Gasteiger partial charge in [-0.1, -0.05) is 13.0 Å². The highest BCUT2D eigenvalue weighted by Gasteiger charge is 2.07. The molecule has 0 fully saturated rings. The summed E-state index contributed by atoms with van der Waals surface area (Å²) >= 11 is 3.61. The van der Waals surface area contributed by atoms with Crippen LogP contribution in [0.3, 0.4) is 0 Å². The van der Waals surface area contributed by atoms with Crippen LogP contribution < -0.4 is 10.6 Å². The van der Waals surface area contributed by atoms with Crippen LogP contribution in [0.5, 0.6) is 0 Å². The van der Waals surface area contributed by atoms with E-state index in [0.717, 1.165) is 25.5 Å². The van der Waals surface area contributed by atoms with Crippen LogP contribution in [0, 0.1) is 12.8 Å². The molecule has 0 radical (unpaired) electrons. The molecule has 22 heavy (non-hydrogen) atoms. The Kier molecular flexibility index (Phi) is 9.04. The maximum atomic E-state index is 4.29. The van der Waals surface area contributed by atoms with Crippen molar-refractivity contribution in [1.82, 2.24) is 10.6 Å². The summed E-state index contributed by atoms with van der Waals surface area (Å²) < 4.78 is 0. The Morgan fingerprint density at radius 2 is 2.05 bits per heavy atom. The Morgan fingerprint density at radius 3 is 2.64 bits per heavy atom. The van der Waals surface area contributed by atoms with Crippen LogP contribution in [0.15, 0.2) is 34.0 Å². The summed E-state index contributed by atoms with van der Waals surface area (Å²) in [5.74, 6) is 1.46. The first-order chi connectivity index (χ1) is 10.2. The van der Waals surface area contributed by atoms with E-state index in [9.17, 15) is 0 Å². The third-order valence-corrected chi connectivity index (χ3v) is 5.28. The fourth-order valence-corrected chi connectivity index (χ4v) is 3.80. The van der Waals surface area contributed by atoms with Crippen molar-refractivity contribution in [3.63, 3.8) is 0 Å². The Morgan fingerprint density at radius 1 is 1.23 bits per heavy atom. The quantitative estimate of drug-likeness (QED) is 0.393. The average molecular weight is 449 g/mol. The van der Waals surface area contributed by atoms with Crippen LogP contribution in [-0.4, -0.2) is 19.6 Å². The third-order valence-electron chi connectivity index (χ3n) is 3.36. The standard InChI is InChI=1S/C16H23N3S2.HI/c1-12(9-14-5-4-7-20-14)10-18-16(17-3)19-11-15-13(2)6-8-21-15;/h4-8,12H,9-11H2,1-3H3,(H2,17,18,19);1H. The minimum atomic E-state index is 0. The SMILES string of the molecule is CN=C(NCc1sccc1C)NCC(C)Cc1cccs1.I. The fourth-order valence-electron chi connectivity index (χ4n) is 2.09. The molecular formula is C16H24IN3S2. The van der Waals surface area contributed by atoms with Gasteiger partial charge in [0.25, 0.3) is 0 Å². The molecule has 122 valence electrons. The van der Waals surface area contributed by atoms with Gasteiger partial charge in [0.05, 0.1) is 6.54 Å². The molecule has 0 aliphatic heterocycles. The second-order valence-electron chi connectivity index (χ2n) is 5.22. The first-order valence-electron chi connectivity index (χ1n) is 7.19. The van der Waals surface area contributed by atoms with Crippen molar-refractivity contribution in [2.24, 2.45) is 10.9 Å². The normalized spacial score (nSPS) is 12.6. The van der Waals surface area contributed by atoms with Gasteiger partial charge in [0.15, 0.2) is 5.96 Å². The number of nitrogens with one attached hydrogen (secondary N) is 2. The van der Waals surface area contributed by atoms with Gasteiger partial charge in [-0.2, -0.15) is 0 Å². The van der Waals surface area contributed by atoms with Gasteiger partial charge in [-0.25, -0.2) is 0 Å². The predicted molar refractivity (Wildman–Crippen MR) is 110 cm³/mol. The molecule has 2 heterocycles. The summed E-state index contributed by atoms with van der Waals surface area (Å²) in [4.78, 5) is 7.10. The van der Waals surface area contributed by atoms with Crippen LogP contribution >= 0.6 is 46.7 Å². The molecule has 2 N–H and O–H groups in total. The van der Waals surface area contributed by atoms with Crippen molar-refractivity contribution in [3.8, 4) is 0 Å². The number of nitrogens with zero attached hydrogens (tertiary/aromatic N) is 1. The molecule has 0 bridgehead atoms. The molecule has 1 unspecified atom stereocenters. The van der Waals surface area contributed by atoms with E-state index in [-0.39, 0.29) is 24.0 Å². The van der Waals surface area contributed by atoms with E-state index >= 15 is 0 Å². The van der Waals surface area contributed by atoms with Crippen LogP contribution in [0.2, 0.25) is 0 Å². The van der Waals surface area contributed by atoms with Gasteiger partial charge in [0, 0.05) is 23.3 Å². The highest BCUT2D eigenvalue weighted by molar-refractivity contribution is 14.0. The lowest BCUT2D eigenvalue weighted by Crippen LogP contribution is -2.39.